The molecule has 1 fully saturated rings. The van der Waals surface area contributed by atoms with Crippen molar-refractivity contribution in [3.05, 3.63) is 29.8 Å². The van der Waals surface area contributed by atoms with Crippen LogP contribution in [0.1, 0.15) is 30.9 Å². The van der Waals surface area contributed by atoms with Gasteiger partial charge in [0, 0.05) is 31.1 Å². The van der Waals surface area contributed by atoms with Gasteiger partial charge >= 0.3 is 0 Å². The third-order valence-corrected chi connectivity index (χ3v) is 4.06. The molecule has 0 saturated carbocycles. The molecular formula is C16H23N3O2. The fourth-order valence-corrected chi connectivity index (χ4v) is 2.90. The summed E-state index contributed by atoms with van der Waals surface area (Å²) in [7, 11) is 0. The smallest absolute Gasteiger partial charge is 0.189 e. The number of nitrogens with two attached hydrogens (primary N) is 1. The molecule has 5 nitrogen and oxygen atoms in total. The summed E-state index contributed by atoms with van der Waals surface area (Å²) in [6.07, 6.45) is 3.21. The molecule has 2 aliphatic heterocycles. The lowest BCUT2D eigenvalue weighted by Gasteiger charge is -2.27. The Morgan fingerprint density at radius 1 is 1.29 bits per heavy atom. The zero-order valence-corrected chi connectivity index (χ0v) is 12.3. The number of guanidine groups is 1. The summed E-state index contributed by atoms with van der Waals surface area (Å²) in [5.41, 5.74) is 7.19. The first kappa shape index (κ1) is 14.2. The summed E-state index contributed by atoms with van der Waals surface area (Å²) in [6, 6.07) is 8.27. The molecule has 3 N–H and O–H groups in total. The summed E-state index contributed by atoms with van der Waals surface area (Å²) in [5.74, 6) is 1.96. The Labute approximate surface area is 125 Å². The van der Waals surface area contributed by atoms with Crippen molar-refractivity contribution < 1.29 is 9.47 Å². The van der Waals surface area contributed by atoms with Crippen LogP contribution in [0.4, 0.5) is 0 Å². The molecule has 3 rings (SSSR count). The molecule has 2 unspecified atom stereocenters. The second-order valence-corrected chi connectivity index (χ2v) is 5.68. The quantitative estimate of drug-likeness (QED) is 0.658. The maximum atomic E-state index is 6.04. The summed E-state index contributed by atoms with van der Waals surface area (Å²) in [6.45, 7) is 3.13. The number of benzene rings is 1. The minimum absolute atomic E-state index is 0.182. The number of nitrogens with zero attached hydrogens (tertiary/aromatic N) is 1. The van der Waals surface area contributed by atoms with Gasteiger partial charge in [0.15, 0.2) is 5.96 Å². The summed E-state index contributed by atoms with van der Waals surface area (Å²) in [4.78, 5) is 4.48. The summed E-state index contributed by atoms with van der Waals surface area (Å²) >= 11 is 0. The van der Waals surface area contributed by atoms with Gasteiger partial charge in [0.1, 0.15) is 5.75 Å². The molecule has 114 valence electrons. The minimum atomic E-state index is 0.182. The van der Waals surface area contributed by atoms with E-state index in [0.717, 1.165) is 43.9 Å². The van der Waals surface area contributed by atoms with Crippen LogP contribution in [0.25, 0.3) is 0 Å². The van der Waals surface area contributed by atoms with Crippen molar-refractivity contribution in [1.82, 2.24) is 5.32 Å². The molecule has 0 amide bonds. The van der Waals surface area contributed by atoms with Gasteiger partial charge in [-0.2, -0.15) is 0 Å². The van der Waals surface area contributed by atoms with E-state index < -0.39 is 0 Å². The van der Waals surface area contributed by atoms with Crippen LogP contribution in [0.3, 0.4) is 0 Å². The number of aliphatic imine (C=N–C) groups is 1. The Bertz CT molecular complexity index is 498. The van der Waals surface area contributed by atoms with Crippen LogP contribution in [0.15, 0.2) is 29.3 Å². The number of hydrogen-bond donors (Lipinski definition) is 2. The Morgan fingerprint density at radius 2 is 2.19 bits per heavy atom. The van der Waals surface area contributed by atoms with Crippen molar-refractivity contribution in [3.8, 4) is 5.75 Å². The van der Waals surface area contributed by atoms with Crippen molar-refractivity contribution in [1.29, 1.82) is 0 Å². The van der Waals surface area contributed by atoms with Gasteiger partial charge in [0.05, 0.1) is 19.3 Å². The lowest BCUT2D eigenvalue weighted by Crippen LogP contribution is -2.38. The van der Waals surface area contributed by atoms with Crippen LogP contribution in [-0.2, 0) is 4.74 Å². The fraction of sp³-hybridized carbons (Fsp3) is 0.562. The molecule has 2 aliphatic rings. The van der Waals surface area contributed by atoms with E-state index in [-0.39, 0.29) is 6.04 Å². The molecule has 2 atom stereocenters. The predicted octanol–water partition coefficient (Wildman–Crippen LogP) is 1.84. The van der Waals surface area contributed by atoms with Gasteiger partial charge in [-0.05, 0) is 18.9 Å². The van der Waals surface area contributed by atoms with E-state index in [0.29, 0.717) is 18.5 Å². The first-order valence-corrected chi connectivity index (χ1v) is 7.69. The van der Waals surface area contributed by atoms with Crippen molar-refractivity contribution >= 4 is 5.96 Å². The molecule has 1 aromatic rings. The summed E-state index contributed by atoms with van der Waals surface area (Å²) in [5, 5.41) is 3.32. The Morgan fingerprint density at radius 3 is 3.05 bits per heavy atom. The minimum Gasteiger partial charge on any atom is -0.493 e. The van der Waals surface area contributed by atoms with Gasteiger partial charge in [0.25, 0.3) is 0 Å². The van der Waals surface area contributed by atoms with E-state index in [9.17, 15) is 0 Å². The van der Waals surface area contributed by atoms with E-state index in [1.54, 1.807) is 0 Å². The molecule has 2 heterocycles. The molecule has 5 heteroatoms. The SMILES string of the molecule is NC(=NCC1CCCOC1)NC1CCOc2ccccc21. The van der Waals surface area contributed by atoms with Gasteiger partial charge in [-0.25, -0.2) is 0 Å². The van der Waals surface area contributed by atoms with Crippen molar-refractivity contribution in [3.63, 3.8) is 0 Å². The first-order valence-electron chi connectivity index (χ1n) is 7.69. The zero-order chi connectivity index (χ0) is 14.5. The molecule has 0 aliphatic carbocycles. The molecule has 0 radical (unpaired) electrons. The van der Waals surface area contributed by atoms with Crippen molar-refractivity contribution in [2.45, 2.75) is 25.3 Å². The monoisotopic (exact) mass is 289 g/mol. The molecule has 21 heavy (non-hydrogen) atoms. The largest absolute Gasteiger partial charge is 0.493 e. The number of fused-ring (bicyclic) bond motifs is 1. The zero-order valence-electron chi connectivity index (χ0n) is 12.3. The number of ether oxygens (including phenoxy) is 2. The second-order valence-electron chi connectivity index (χ2n) is 5.68. The predicted molar refractivity (Wildman–Crippen MR) is 82.5 cm³/mol. The van der Waals surface area contributed by atoms with Gasteiger partial charge < -0.3 is 20.5 Å². The van der Waals surface area contributed by atoms with E-state index in [4.69, 9.17) is 15.2 Å². The standard InChI is InChI=1S/C16H23N3O2/c17-16(18-10-12-4-3-8-20-11-12)19-14-7-9-21-15-6-2-1-5-13(14)15/h1-2,5-6,12,14H,3-4,7-11H2,(H3,17,18,19). The number of para-hydroxylation sites is 1. The number of hydrogen-bond acceptors (Lipinski definition) is 3. The van der Waals surface area contributed by atoms with Crippen LogP contribution in [-0.4, -0.2) is 32.3 Å². The lowest BCUT2D eigenvalue weighted by atomic mass is 10.0. The van der Waals surface area contributed by atoms with Crippen molar-refractivity contribution in [2.75, 3.05) is 26.4 Å². The topological polar surface area (TPSA) is 68.9 Å². The molecule has 0 aromatic heterocycles. The Kier molecular flexibility index (Phi) is 4.60. The van der Waals surface area contributed by atoms with Crippen LogP contribution in [0.2, 0.25) is 0 Å². The molecular weight excluding hydrogens is 266 g/mol. The highest BCUT2D eigenvalue weighted by Gasteiger charge is 2.21. The van der Waals surface area contributed by atoms with Crippen LogP contribution in [0.5, 0.6) is 5.75 Å². The van der Waals surface area contributed by atoms with E-state index >= 15 is 0 Å². The van der Waals surface area contributed by atoms with E-state index in [2.05, 4.69) is 16.4 Å². The highest BCUT2D eigenvalue weighted by atomic mass is 16.5. The van der Waals surface area contributed by atoms with E-state index in [1.807, 2.05) is 18.2 Å². The third kappa shape index (κ3) is 3.67. The average Bonchev–Trinajstić information content (AvgIpc) is 2.54. The fourth-order valence-electron chi connectivity index (χ4n) is 2.90. The van der Waals surface area contributed by atoms with Crippen LogP contribution < -0.4 is 15.8 Å². The first-order chi connectivity index (χ1) is 10.3. The van der Waals surface area contributed by atoms with Gasteiger partial charge in [-0.1, -0.05) is 18.2 Å². The number of nitrogens with one attached hydrogen (secondary N) is 1. The maximum absolute atomic E-state index is 6.04. The van der Waals surface area contributed by atoms with E-state index in [1.165, 1.54) is 6.42 Å². The third-order valence-electron chi connectivity index (χ3n) is 4.06. The summed E-state index contributed by atoms with van der Waals surface area (Å²) < 4.78 is 11.1. The maximum Gasteiger partial charge on any atom is 0.189 e. The average molecular weight is 289 g/mol. The second kappa shape index (κ2) is 6.80. The number of rotatable bonds is 3. The Hall–Kier alpha value is -1.75. The molecule has 1 aromatic carbocycles. The van der Waals surface area contributed by atoms with Crippen LogP contribution in [0, 0.1) is 5.92 Å². The Balaban J connectivity index is 1.58. The highest BCUT2D eigenvalue weighted by molar-refractivity contribution is 5.78. The van der Waals surface area contributed by atoms with Crippen LogP contribution >= 0.6 is 0 Å². The molecule has 1 saturated heterocycles. The molecule has 0 bridgehead atoms. The normalized spacial score (nSPS) is 25.8. The lowest BCUT2D eigenvalue weighted by molar-refractivity contribution is 0.0582. The highest BCUT2D eigenvalue weighted by Crippen LogP contribution is 2.31. The van der Waals surface area contributed by atoms with Gasteiger partial charge in [-0.15, -0.1) is 0 Å². The van der Waals surface area contributed by atoms with Gasteiger partial charge in [0.2, 0.25) is 0 Å². The van der Waals surface area contributed by atoms with Crippen molar-refractivity contribution in [2.24, 2.45) is 16.6 Å². The van der Waals surface area contributed by atoms with Gasteiger partial charge in [-0.3, -0.25) is 4.99 Å². The molecule has 0 spiro atoms.